The Kier molecular flexibility index (Phi) is 3.06. The molecule has 78 valence electrons. The van der Waals surface area contributed by atoms with Crippen molar-refractivity contribution in [1.29, 1.82) is 0 Å². The minimum absolute atomic E-state index is 0.645. The van der Waals surface area contributed by atoms with Gasteiger partial charge in [0.2, 0.25) is 0 Å². The van der Waals surface area contributed by atoms with Gasteiger partial charge in [-0.25, -0.2) is 4.98 Å². The first-order chi connectivity index (χ1) is 6.81. The van der Waals surface area contributed by atoms with Crippen LogP contribution in [0.15, 0.2) is 11.6 Å². The Morgan fingerprint density at radius 2 is 2.43 bits per heavy atom. The van der Waals surface area contributed by atoms with Crippen LogP contribution in [0.2, 0.25) is 0 Å². The first kappa shape index (κ1) is 9.97. The van der Waals surface area contributed by atoms with Gasteiger partial charge < -0.3 is 5.32 Å². The third-order valence-corrected chi connectivity index (χ3v) is 4.20. The average molecular weight is 210 g/mol. The molecule has 2 rings (SSSR count). The zero-order valence-corrected chi connectivity index (χ0v) is 9.68. The highest BCUT2D eigenvalue weighted by Crippen LogP contribution is 2.35. The SMILES string of the molecule is CCC1CCC(Nc2nccs2)C1C. The second-order valence-electron chi connectivity index (χ2n) is 4.19. The topological polar surface area (TPSA) is 24.9 Å². The molecule has 2 nitrogen and oxygen atoms in total. The van der Waals surface area contributed by atoms with E-state index in [0.717, 1.165) is 17.0 Å². The van der Waals surface area contributed by atoms with E-state index in [1.807, 2.05) is 11.6 Å². The Balaban J connectivity index is 1.94. The highest BCUT2D eigenvalue weighted by atomic mass is 32.1. The standard InChI is InChI=1S/C11H18N2S/c1-3-9-4-5-10(8(9)2)13-11-12-6-7-14-11/h6-10H,3-5H2,1-2H3,(H,12,13). The molecule has 0 amide bonds. The van der Waals surface area contributed by atoms with Gasteiger partial charge >= 0.3 is 0 Å². The Morgan fingerprint density at radius 3 is 3.00 bits per heavy atom. The minimum atomic E-state index is 0.645. The van der Waals surface area contributed by atoms with Crippen LogP contribution in [0.4, 0.5) is 5.13 Å². The molecule has 0 radical (unpaired) electrons. The summed E-state index contributed by atoms with van der Waals surface area (Å²) < 4.78 is 0. The van der Waals surface area contributed by atoms with E-state index in [-0.39, 0.29) is 0 Å². The van der Waals surface area contributed by atoms with Gasteiger partial charge in [0.15, 0.2) is 5.13 Å². The predicted octanol–water partition coefficient (Wildman–Crippen LogP) is 3.38. The van der Waals surface area contributed by atoms with Crippen molar-refractivity contribution in [2.24, 2.45) is 11.8 Å². The van der Waals surface area contributed by atoms with Crippen LogP contribution in [0.5, 0.6) is 0 Å². The summed E-state index contributed by atoms with van der Waals surface area (Å²) in [6.07, 6.45) is 5.86. The minimum Gasteiger partial charge on any atom is -0.359 e. The number of rotatable bonds is 3. The highest BCUT2D eigenvalue weighted by molar-refractivity contribution is 7.13. The average Bonchev–Trinajstić information content (AvgIpc) is 2.79. The van der Waals surface area contributed by atoms with E-state index in [2.05, 4.69) is 24.1 Å². The summed E-state index contributed by atoms with van der Waals surface area (Å²) in [4.78, 5) is 4.27. The van der Waals surface area contributed by atoms with Gasteiger partial charge in [0, 0.05) is 17.6 Å². The number of hydrogen-bond acceptors (Lipinski definition) is 3. The van der Waals surface area contributed by atoms with Crippen molar-refractivity contribution < 1.29 is 0 Å². The molecule has 0 aliphatic heterocycles. The second kappa shape index (κ2) is 4.30. The fraction of sp³-hybridized carbons (Fsp3) is 0.727. The quantitative estimate of drug-likeness (QED) is 0.827. The van der Waals surface area contributed by atoms with E-state index in [1.54, 1.807) is 11.3 Å². The van der Waals surface area contributed by atoms with Crippen molar-refractivity contribution in [3.05, 3.63) is 11.6 Å². The second-order valence-corrected chi connectivity index (χ2v) is 5.09. The Labute approximate surface area is 89.8 Å². The lowest BCUT2D eigenvalue weighted by atomic mass is 9.94. The van der Waals surface area contributed by atoms with Crippen molar-refractivity contribution in [2.75, 3.05) is 5.32 Å². The number of nitrogens with one attached hydrogen (secondary N) is 1. The first-order valence-electron chi connectivity index (χ1n) is 5.47. The van der Waals surface area contributed by atoms with Crippen LogP contribution in [-0.4, -0.2) is 11.0 Å². The van der Waals surface area contributed by atoms with Crippen LogP contribution in [0, 0.1) is 11.8 Å². The van der Waals surface area contributed by atoms with E-state index < -0.39 is 0 Å². The van der Waals surface area contributed by atoms with E-state index in [9.17, 15) is 0 Å². The van der Waals surface area contributed by atoms with Gasteiger partial charge in [0.05, 0.1) is 0 Å². The summed E-state index contributed by atoms with van der Waals surface area (Å²) >= 11 is 1.70. The normalized spacial score (nSPS) is 32.0. The van der Waals surface area contributed by atoms with Gasteiger partial charge in [-0.2, -0.15) is 0 Å². The summed E-state index contributed by atoms with van der Waals surface area (Å²) in [6, 6.07) is 0.645. The molecule has 1 aliphatic carbocycles. The molecule has 0 saturated heterocycles. The zero-order chi connectivity index (χ0) is 9.97. The summed E-state index contributed by atoms with van der Waals surface area (Å²) in [5.41, 5.74) is 0. The number of thiazole rings is 1. The number of hydrogen-bond donors (Lipinski definition) is 1. The number of aromatic nitrogens is 1. The zero-order valence-electron chi connectivity index (χ0n) is 8.86. The molecule has 1 fully saturated rings. The predicted molar refractivity (Wildman–Crippen MR) is 61.7 cm³/mol. The molecule has 14 heavy (non-hydrogen) atoms. The molecule has 1 heterocycles. The largest absolute Gasteiger partial charge is 0.359 e. The van der Waals surface area contributed by atoms with Gasteiger partial charge in [-0.05, 0) is 24.7 Å². The van der Waals surface area contributed by atoms with Crippen LogP contribution in [0.3, 0.4) is 0 Å². The van der Waals surface area contributed by atoms with Crippen molar-refractivity contribution in [3.63, 3.8) is 0 Å². The molecular weight excluding hydrogens is 192 g/mol. The maximum atomic E-state index is 4.27. The lowest BCUT2D eigenvalue weighted by Crippen LogP contribution is -2.24. The monoisotopic (exact) mass is 210 g/mol. The molecule has 1 aromatic heterocycles. The van der Waals surface area contributed by atoms with E-state index in [4.69, 9.17) is 0 Å². The van der Waals surface area contributed by atoms with Gasteiger partial charge in [-0.3, -0.25) is 0 Å². The summed E-state index contributed by atoms with van der Waals surface area (Å²) in [6.45, 7) is 4.67. The van der Waals surface area contributed by atoms with E-state index >= 15 is 0 Å². The molecule has 1 aromatic rings. The van der Waals surface area contributed by atoms with Crippen molar-refractivity contribution in [3.8, 4) is 0 Å². The fourth-order valence-electron chi connectivity index (χ4n) is 2.48. The molecule has 0 aromatic carbocycles. The van der Waals surface area contributed by atoms with E-state index in [0.29, 0.717) is 6.04 Å². The third kappa shape index (κ3) is 1.92. The highest BCUT2D eigenvalue weighted by Gasteiger charge is 2.31. The molecule has 3 atom stereocenters. The Morgan fingerprint density at radius 1 is 1.57 bits per heavy atom. The van der Waals surface area contributed by atoms with Crippen LogP contribution < -0.4 is 5.32 Å². The summed E-state index contributed by atoms with van der Waals surface area (Å²) in [5.74, 6) is 1.70. The summed E-state index contributed by atoms with van der Waals surface area (Å²) in [7, 11) is 0. The lowest BCUT2D eigenvalue weighted by Gasteiger charge is -2.20. The van der Waals surface area contributed by atoms with Crippen LogP contribution >= 0.6 is 11.3 Å². The number of anilines is 1. The smallest absolute Gasteiger partial charge is 0.182 e. The summed E-state index contributed by atoms with van der Waals surface area (Å²) in [5, 5.41) is 6.65. The maximum Gasteiger partial charge on any atom is 0.182 e. The first-order valence-corrected chi connectivity index (χ1v) is 6.35. The van der Waals surface area contributed by atoms with Gasteiger partial charge in [0.1, 0.15) is 0 Å². The van der Waals surface area contributed by atoms with Gasteiger partial charge in [0.25, 0.3) is 0 Å². The molecular formula is C11H18N2S. The van der Waals surface area contributed by atoms with Gasteiger partial charge in [-0.15, -0.1) is 11.3 Å². The maximum absolute atomic E-state index is 4.27. The molecule has 3 unspecified atom stereocenters. The Hall–Kier alpha value is -0.570. The third-order valence-electron chi connectivity index (χ3n) is 3.49. The molecule has 1 aliphatic rings. The molecule has 0 spiro atoms. The molecule has 0 bridgehead atoms. The van der Waals surface area contributed by atoms with Gasteiger partial charge in [-0.1, -0.05) is 20.3 Å². The van der Waals surface area contributed by atoms with Crippen LogP contribution in [0.1, 0.15) is 33.1 Å². The van der Waals surface area contributed by atoms with Crippen LogP contribution in [0.25, 0.3) is 0 Å². The number of nitrogens with zero attached hydrogens (tertiary/aromatic N) is 1. The molecule has 1 N–H and O–H groups in total. The fourth-order valence-corrected chi connectivity index (χ4v) is 3.07. The van der Waals surface area contributed by atoms with Crippen molar-refractivity contribution in [1.82, 2.24) is 4.98 Å². The van der Waals surface area contributed by atoms with Crippen molar-refractivity contribution >= 4 is 16.5 Å². The Bertz CT molecular complexity index is 271. The molecule has 1 saturated carbocycles. The van der Waals surface area contributed by atoms with Crippen molar-refractivity contribution in [2.45, 2.75) is 39.2 Å². The van der Waals surface area contributed by atoms with Crippen LogP contribution in [-0.2, 0) is 0 Å². The lowest BCUT2D eigenvalue weighted by molar-refractivity contribution is 0.392. The molecule has 3 heteroatoms. The van der Waals surface area contributed by atoms with E-state index in [1.165, 1.54) is 19.3 Å².